The van der Waals surface area contributed by atoms with E-state index in [0.717, 1.165) is 5.69 Å². The van der Waals surface area contributed by atoms with Crippen molar-refractivity contribution in [2.24, 2.45) is 0 Å². The van der Waals surface area contributed by atoms with Crippen molar-refractivity contribution in [2.75, 3.05) is 5.32 Å². The first-order valence-corrected chi connectivity index (χ1v) is 7.28. The molecule has 0 saturated heterocycles. The summed E-state index contributed by atoms with van der Waals surface area (Å²) in [5.41, 5.74) is 3.39. The Bertz CT molecular complexity index is 684. The zero-order chi connectivity index (χ0) is 14.8. The largest absolute Gasteiger partial charge is 0.381 e. The van der Waals surface area contributed by atoms with Crippen LogP contribution >= 0.6 is 11.6 Å². The maximum Gasteiger partial charge on any atom is 0.288 e. The second-order valence-corrected chi connectivity index (χ2v) is 5.66. The van der Waals surface area contributed by atoms with E-state index in [1.807, 2.05) is 6.07 Å². The maximum absolute atomic E-state index is 10.7. The molecule has 0 aliphatic heterocycles. The predicted molar refractivity (Wildman–Crippen MR) is 83.9 cm³/mol. The highest BCUT2D eigenvalue weighted by Crippen LogP contribution is 2.41. The summed E-state index contributed by atoms with van der Waals surface area (Å²) in [5, 5.41) is 14.2. The van der Waals surface area contributed by atoms with Crippen molar-refractivity contribution in [3.05, 3.63) is 68.7 Å². The van der Waals surface area contributed by atoms with Crippen LogP contribution in [0.5, 0.6) is 0 Å². The third-order valence-corrected chi connectivity index (χ3v) is 4.00. The van der Waals surface area contributed by atoms with Gasteiger partial charge in [0.15, 0.2) is 0 Å². The lowest BCUT2D eigenvalue weighted by Gasteiger charge is -2.11. The van der Waals surface area contributed by atoms with Gasteiger partial charge in [-0.25, -0.2) is 0 Å². The SMILES string of the molecule is O=[N+]([O-])c1ccc(NCc2ccccc2C2CC2)cc1Cl. The van der Waals surface area contributed by atoms with E-state index in [0.29, 0.717) is 12.5 Å². The van der Waals surface area contributed by atoms with Crippen LogP contribution in [0.25, 0.3) is 0 Å². The average Bonchev–Trinajstić information content (AvgIpc) is 3.29. The average molecular weight is 303 g/mol. The van der Waals surface area contributed by atoms with Crippen molar-refractivity contribution in [3.63, 3.8) is 0 Å². The maximum atomic E-state index is 10.7. The summed E-state index contributed by atoms with van der Waals surface area (Å²) in [6.07, 6.45) is 2.53. The molecule has 5 heteroatoms. The van der Waals surface area contributed by atoms with E-state index < -0.39 is 4.92 Å². The van der Waals surface area contributed by atoms with Gasteiger partial charge in [0.1, 0.15) is 5.02 Å². The van der Waals surface area contributed by atoms with Crippen molar-refractivity contribution in [1.29, 1.82) is 0 Å². The highest BCUT2D eigenvalue weighted by molar-refractivity contribution is 6.32. The third kappa shape index (κ3) is 3.16. The predicted octanol–water partition coefficient (Wildman–Crippen LogP) is 4.74. The summed E-state index contributed by atoms with van der Waals surface area (Å²) in [6, 6.07) is 13.1. The number of nitrogens with one attached hydrogen (secondary N) is 1. The molecule has 0 aromatic heterocycles. The Labute approximate surface area is 127 Å². The minimum atomic E-state index is -0.478. The second-order valence-electron chi connectivity index (χ2n) is 5.25. The molecule has 2 aromatic carbocycles. The molecule has 1 aliphatic carbocycles. The lowest BCUT2D eigenvalue weighted by Crippen LogP contribution is -2.02. The molecule has 0 bridgehead atoms. The molecule has 0 atom stereocenters. The van der Waals surface area contributed by atoms with Gasteiger partial charge in [0, 0.05) is 18.3 Å². The lowest BCUT2D eigenvalue weighted by molar-refractivity contribution is -0.384. The van der Waals surface area contributed by atoms with Crippen LogP contribution in [0, 0.1) is 10.1 Å². The first-order chi connectivity index (χ1) is 10.1. The van der Waals surface area contributed by atoms with Gasteiger partial charge in [-0.1, -0.05) is 35.9 Å². The number of benzene rings is 2. The summed E-state index contributed by atoms with van der Waals surface area (Å²) >= 11 is 5.92. The number of rotatable bonds is 5. The molecular formula is C16H15ClN2O2. The van der Waals surface area contributed by atoms with Gasteiger partial charge in [-0.3, -0.25) is 10.1 Å². The molecule has 0 heterocycles. The lowest BCUT2D eigenvalue weighted by atomic mass is 10.0. The Kier molecular flexibility index (Phi) is 3.80. The summed E-state index contributed by atoms with van der Waals surface area (Å²) in [7, 11) is 0. The third-order valence-electron chi connectivity index (χ3n) is 3.70. The Hall–Kier alpha value is -2.07. The van der Waals surface area contributed by atoms with E-state index in [2.05, 4.69) is 23.5 Å². The Morgan fingerprint density at radius 3 is 2.67 bits per heavy atom. The van der Waals surface area contributed by atoms with Gasteiger partial charge in [0.25, 0.3) is 5.69 Å². The second kappa shape index (κ2) is 5.74. The highest BCUT2D eigenvalue weighted by Gasteiger charge is 2.25. The number of hydrogen-bond acceptors (Lipinski definition) is 3. The van der Waals surface area contributed by atoms with Crippen molar-refractivity contribution >= 4 is 23.0 Å². The van der Waals surface area contributed by atoms with Crippen LogP contribution in [0.1, 0.15) is 29.9 Å². The molecular weight excluding hydrogens is 288 g/mol. The van der Waals surface area contributed by atoms with E-state index in [1.54, 1.807) is 12.1 Å². The Morgan fingerprint density at radius 1 is 1.24 bits per heavy atom. The molecule has 108 valence electrons. The molecule has 4 nitrogen and oxygen atoms in total. The van der Waals surface area contributed by atoms with Gasteiger partial charge in [0.05, 0.1) is 4.92 Å². The van der Waals surface area contributed by atoms with Gasteiger partial charge >= 0.3 is 0 Å². The molecule has 0 radical (unpaired) electrons. The van der Waals surface area contributed by atoms with E-state index in [1.165, 1.54) is 30.0 Å². The summed E-state index contributed by atoms with van der Waals surface area (Å²) in [4.78, 5) is 10.3. The Morgan fingerprint density at radius 2 is 2.00 bits per heavy atom. The minimum Gasteiger partial charge on any atom is -0.381 e. The Balaban J connectivity index is 1.73. The molecule has 0 amide bonds. The fraction of sp³-hybridized carbons (Fsp3) is 0.250. The summed E-state index contributed by atoms with van der Waals surface area (Å²) < 4.78 is 0. The van der Waals surface area contributed by atoms with Crippen LogP contribution in [0.2, 0.25) is 5.02 Å². The topological polar surface area (TPSA) is 55.2 Å². The highest BCUT2D eigenvalue weighted by atomic mass is 35.5. The molecule has 3 rings (SSSR count). The van der Waals surface area contributed by atoms with Crippen molar-refractivity contribution in [1.82, 2.24) is 0 Å². The van der Waals surface area contributed by atoms with Crippen LogP contribution in [-0.2, 0) is 6.54 Å². The first kappa shape index (κ1) is 13.9. The molecule has 2 aromatic rings. The van der Waals surface area contributed by atoms with Crippen LogP contribution in [0.4, 0.5) is 11.4 Å². The first-order valence-electron chi connectivity index (χ1n) is 6.91. The molecule has 0 spiro atoms. The normalized spacial score (nSPS) is 14.0. The molecule has 0 unspecified atom stereocenters. The number of halogens is 1. The zero-order valence-electron chi connectivity index (χ0n) is 11.4. The fourth-order valence-corrected chi connectivity index (χ4v) is 2.70. The molecule has 1 N–H and O–H groups in total. The number of nitrogens with zero attached hydrogens (tertiary/aromatic N) is 1. The van der Waals surface area contributed by atoms with E-state index >= 15 is 0 Å². The van der Waals surface area contributed by atoms with Crippen molar-refractivity contribution in [3.8, 4) is 0 Å². The number of nitro benzene ring substituents is 1. The van der Waals surface area contributed by atoms with Crippen LogP contribution in [-0.4, -0.2) is 4.92 Å². The van der Waals surface area contributed by atoms with Crippen LogP contribution < -0.4 is 5.32 Å². The molecule has 1 fully saturated rings. The number of anilines is 1. The van der Waals surface area contributed by atoms with Crippen LogP contribution in [0.15, 0.2) is 42.5 Å². The van der Waals surface area contributed by atoms with Crippen LogP contribution in [0.3, 0.4) is 0 Å². The van der Waals surface area contributed by atoms with Gasteiger partial charge in [-0.05, 0) is 42.0 Å². The van der Waals surface area contributed by atoms with Gasteiger partial charge < -0.3 is 5.32 Å². The van der Waals surface area contributed by atoms with E-state index in [4.69, 9.17) is 11.6 Å². The molecule has 21 heavy (non-hydrogen) atoms. The summed E-state index contributed by atoms with van der Waals surface area (Å²) in [6.45, 7) is 0.695. The molecule has 1 aliphatic rings. The van der Waals surface area contributed by atoms with E-state index in [9.17, 15) is 10.1 Å². The van der Waals surface area contributed by atoms with Crippen molar-refractivity contribution < 1.29 is 4.92 Å². The van der Waals surface area contributed by atoms with Gasteiger partial charge in [0.2, 0.25) is 0 Å². The van der Waals surface area contributed by atoms with E-state index in [-0.39, 0.29) is 10.7 Å². The van der Waals surface area contributed by atoms with Crippen molar-refractivity contribution in [2.45, 2.75) is 25.3 Å². The fourth-order valence-electron chi connectivity index (χ4n) is 2.45. The smallest absolute Gasteiger partial charge is 0.288 e. The zero-order valence-corrected chi connectivity index (χ0v) is 12.1. The standard InChI is InChI=1S/C16H15ClN2O2/c17-15-9-13(7-8-16(15)19(20)21)18-10-12-3-1-2-4-14(12)11-5-6-11/h1-4,7-9,11,18H,5-6,10H2. The monoisotopic (exact) mass is 302 g/mol. The molecule has 1 saturated carbocycles. The van der Waals surface area contributed by atoms with Gasteiger partial charge in [-0.2, -0.15) is 0 Å². The minimum absolute atomic E-state index is 0.0689. The quantitative estimate of drug-likeness (QED) is 0.641. The summed E-state index contributed by atoms with van der Waals surface area (Å²) in [5.74, 6) is 0.698. The number of hydrogen-bond donors (Lipinski definition) is 1. The van der Waals surface area contributed by atoms with Gasteiger partial charge in [-0.15, -0.1) is 0 Å². The number of nitro groups is 1.